The number of carbonyl (C=O) groups is 2. The Kier molecular flexibility index (Phi) is 4.21. The second-order valence-corrected chi connectivity index (χ2v) is 9.46. The fraction of sp³-hybridized carbons (Fsp3) is 0.800. The van der Waals surface area contributed by atoms with Gasteiger partial charge in [0, 0.05) is 0 Å². The van der Waals surface area contributed by atoms with Crippen molar-refractivity contribution in [2.75, 3.05) is 0 Å². The first kappa shape index (κ1) is 13.5. The predicted molar refractivity (Wildman–Crippen MR) is 58.8 cm³/mol. The van der Waals surface area contributed by atoms with Crippen molar-refractivity contribution in [1.82, 2.24) is 0 Å². The maximum atomic E-state index is 11.6. The van der Waals surface area contributed by atoms with Crippen molar-refractivity contribution < 1.29 is 14.0 Å². The Morgan fingerprint density at radius 3 is 1.93 bits per heavy atom. The molecule has 0 heterocycles. The molecule has 0 fully saturated rings. The average molecular weight is 216 g/mol. The molecule has 0 rings (SSSR count). The number of hydrogen-bond acceptors (Lipinski definition) is 3. The molecule has 0 spiro atoms. The lowest BCUT2D eigenvalue weighted by Gasteiger charge is -2.31. The Balaban J connectivity index is 4.46. The molecule has 0 aliphatic carbocycles. The van der Waals surface area contributed by atoms with Crippen molar-refractivity contribution in [1.29, 1.82) is 0 Å². The summed E-state index contributed by atoms with van der Waals surface area (Å²) in [7, 11) is -1.74. The van der Waals surface area contributed by atoms with Crippen LogP contribution in [0.4, 0.5) is 0 Å². The van der Waals surface area contributed by atoms with Crippen molar-refractivity contribution >= 4 is 19.9 Å². The summed E-state index contributed by atoms with van der Waals surface area (Å²) >= 11 is 0. The highest BCUT2D eigenvalue weighted by molar-refractivity contribution is 6.70. The van der Waals surface area contributed by atoms with E-state index in [0.29, 0.717) is 0 Å². The van der Waals surface area contributed by atoms with E-state index in [0.717, 1.165) is 0 Å². The van der Waals surface area contributed by atoms with E-state index in [-0.39, 0.29) is 18.0 Å². The maximum absolute atomic E-state index is 11.6. The third-order valence-electron chi connectivity index (χ3n) is 1.64. The Labute approximate surface area is 87.0 Å². The summed E-state index contributed by atoms with van der Waals surface area (Å²) in [5.41, 5.74) is -0.823. The molecule has 0 unspecified atom stereocenters. The van der Waals surface area contributed by atoms with Gasteiger partial charge >= 0.3 is 0 Å². The Bertz CT molecular complexity index is 238. The summed E-state index contributed by atoms with van der Waals surface area (Å²) in [6.45, 7) is 11.0. The first-order valence-corrected chi connectivity index (χ1v) is 8.18. The minimum atomic E-state index is -1.74. The molecule has 0 saturated carbocycles. The third-order valence-corrected chi connectivity index (χ3v) is 2.77. The topological polar surface area (TPSA) is 43.4 Å². The van der Waals surface area contributed by atoms with Crippen molar-refractivity contribution in [3.8, 4) is 0 Å². The summed E-state index contributed by atoms with van der Waals surface area (Å²) in [5.74, 6) is -0.241. The van der Waals surface area contributed by atoms with Crippen LogP contribution in [0.3, 0.4) is 0 Å². The van der Waals surface area contributed by atoms with Crippen LogP contribution in [0.25, 0.3) is 0 Å². The normalized spacial score (nSPS) is 12.7. The molecule has 0 amide bonds. The lowest BCUT2D eigenvalue weighted by Crippen LogP contribution is -2.44. The minimum Gasteiger partial charge on any atom is -0.406 e. The zero-order chi connectivity index (χ0) is 11.6. The zero-order valence-electron chi connectivity index (χ0n) is 9.93. The van der Waals surface area contributed by atoms with Gasteiger partial charge in [0.25, 0.3) is 0 Å². The smallest absolute Gasteiger partial charge is 0.185 e. The van der Waals surface area contributed by atoms with Crippen LogP contribution in [0.15, 0.2) is 0 Å². The van der Waals surface area contributed by atoms with Gasteiger partial charge in [0.15, 0.2) is 14.1 Å². The van der Waals surface area contributed by atoms with E-state index in [1.807, 2.05) is 19.6 Å². The van der Waals surface area contributed by atoms with Gasteiger partial charge in [-0.05, 0) is 40.4 Å². The van der Waals surface area contributed by atoms with Gasteiger partial charge in [-0.1, -0.05) is 0 Å². The molecule has 0 saturated heterocycles. The van der Waals surface area contributed by atoms with Crippen LogP contribution in [0.5, 0.6) is 0 Å². The van der Waals surface area contributed by atoms with E-state index in [4.69, 9.17) is 4.43 Å². The zero-order valence-corrected chi connectivity index (χ0v) is 10.9. The number of carbonyl (C=O) groups excluding carboxylic acids is 2. The van der Waals surface area contributed by atoms with E-state index in [1.165, 1.54) is 6.92 Å². The van der Waals surface area contributed by atoms with Gasteiger partial charge in [0.05, 0.1) is 6.42 Å². The van der Waals surface area contributed by atoms with Crippen LogP contribution < -0.4 is 0 Å². The standard InChI is InChI=1S/C10H20O3Si/c1-8(11)7-9(12)10(2,3)13-14(4,5)6/h7H2,1-6H3. The average Bonchev–Trinajstić information content (AvgIpc) is 1.78. The molecule has 0 bridgehead atoms. The molecule has 82 valence electrons. The Morgan fingerprint density at radius 1 is 1.21 bits per heavy atom. The number of ketones is 2. The fourth-order valence-electron chi connectivity index (χ4n) is 1.26. The maximum Gasteiger partial charge on any atom is 0.185 e. The molecule has 0 aromatic rings. The SMILES string of the molecule is CC(=O)CC(=O)C(C)(C)O[Si](C)(C)C. The van der Waals surface area contributed by atoms with Crippen LogP contribution in [0, 0.1) is 0 Å². The fourth-order valence-corrected chi connectivity index (χ4v) is 2.91. The first-order chi connectivity index (χ1) is 6.04. The Hall–Kier alpha value is -0.483. The molecule has 0 aromatic heterocycles. The summed E-state index contributed by atoms with van der Waals surface area (Å²) < 4.78 is 5.72. The van der Waals surface area contributed by atoms with Gasteiger partial charge in [-0.2, -0.15) is 0 Å². The van der Waals surface area contributed by atoms with Crippen molar-refractivity contribution in [3.05, 3.63) is 0 Å². The molecule has 0 N–H and O–H groups in total. The van der Waals surface area contributed by atoms with Gasteiger partial charge in [-0.3, -0.25) is 9.59 Å². The van der Waals surface area contributed by atoms with E-state index < -0.39 is 13.9 Å². The van der Waals surface area contributed by atoms with E-state index in [1.54, 1.807) is 13.8 Å². The van der Waals surface area contributed by atoms with Crippen LogP contribution >= 0.6 is 0 Å². The Morgan fingerprint density at radius 2 is 1.64 bits per heavy atom. The quantitative estimate of drug-likeness (QED) is 0.522. The molecule has 0 aliphatic heterocycles. The van der Waals surface area contributed by atoms with Gasteiger partial charge in [0.2, 0.25) is 0 Å². The molecule has 4 heteroatoms. The van der Waals surface area contributed by atoms with Crippen molar-refractivity contribution in [2.45, 2.75) is 52.4 Å². The van der Waals surface area contributed by atoms with Crippen LogP contribution in [-0.2, 0) is 14.0 Å². The van der Waals surface area contributed by atoms with Gasteiger partial charge in [-0.15, -0.1) is 0 Å². The lowest BCUT2D eigenvalue weighted by atomic mass is 10.00. The van der Waals surface area contributed by atoms with Crippen LogP contribution in [-0.4, -0.2) is 25.5 Å². The molecule has 0 atom stereocenters. The monoisotopic (exact) mass is 216 g/mol. The third kappa shape index (κ3) is 5.29. The van der Waals surface area contributed by atoms with Crippen LogP contribution in [0.1, 0.15) is 27.2 Å². The second kappa shape index (κ2) is 4.36. The van der Waals surface area contributed by atoms with Gasteiger partial charge in [0.1, 0.15) is 11.4 Å². The second-order valence-electron chi connectivity index (χ2n) is 5.03. The van der Waals surface area contributed by atoms with Gasteiger partial charge in [-0.25, -0.2) is 0 Å². The van der Waals surface area contributed by atoms with Gasteiger partial charge < -0.3 is 4.43 Å². The predicted octanol–water partition coefficient (Wildman–Crippen LogP) is 2.16. The van der Waals surface area contributed by atoms with E-state index in [2.05, 4.69) is 0 Å². The highest BCUT2D eigenvalue weighted by Gasteiger charge is 2.33. The van der Waals surface area contributed by atoms with Crippen LogP contribution in [0.2, 0.25) is 19.6 Å². The summed E-state index contributed by atoms with van der Waals surface area (Å²) in [4.78, 5) is 22.4. The molecule has 0 aromatic carbocycles. The summed E-state index contributed by atoms with van der Waals surface area (Å²) in [6, 6.07) is 0. The number of rotatable bonds is 5. The minimum absolute atomic E-state index is 0.0303. The molecule has 3 nitrogen and oxygen atoms in total. The number of hydrogen-bond donors (Lipinski definition) is 0. The molecule has 0 radical (unpaired) electrons. The summed E-state index contributed by atoms with van der Waals surface area (Å²) in [6.07, 6.45) is -0.0303. The molecular formula is C10H20O3Si. The first-order valence-electron chi connectivity index (χ1n) is 4.77. The number of Topliss-reactive ketones (excluding diaryl/α,β-unsaturated/α-hetero) is 2. The van der Waals surface area contributed by atoms with Crippen molar-refractivity contribution in [2.24, 2.45) is 0 Å². The highest BCUT2D eigenvalue weighted by atomic mass is 28.4. The van der Waals surface area contributed by atoms with E-state index >= 15 is 0 Å². The van der Waals surface area contributed by atoms with E-state index in [9.17, 15) is 9.59 Å². The molecule has 0 aliphatic rings. The molecule has 14 heavy (non-hydrogen) atoms. The lowest BCUT2D eigenvalue weighted by molar-refractivity contribution is -0.136. The molecular weight excluding hydrogens is 196 g/mol. The highest BCUT2D eigenvalue weighted by Crippen LogP contribution is 2.19. The van der Waals surface area contributed by atoms with Crippen molar-refractivity contribution in [3.63, 3.8) is 0 Å². The summed E-state index contributed by atoms with van der Waals surface area (Å²) in [5, 5.41) is 0. The largest absolute Gasteiger partial charge is 0.406 e.